The van der Waals surface area contributed by atoms with Crippen molar-refractivity contribution in [3.05, 3.63) is 88.7 Å². The standard InChI is InChI=1S/C21H16ClN3O2/c22-18-4-2-1-3-17(18)20(26)24-16-6-5-14-9-12-25(19(14)13-16)21(27)15-7-10-23-11-8-15/h1-8,10-11,13H,9,12H2,(H,24,26). The second-order valence-electron chi connectivity index (χ2n) is 6.22. The summed E-state index contributed by atoms with van der Waals surface area (Å²) >= 11 is 6.09. The molecule has 1 aliphatic rings. The number of hydrogen-bond donors (Lipinski definition) is 1. The molecule has 1 aliphatic heterocycles. The van der Waals surface area contributed by atoms with Crippen molar-refractivity contribution < 1.29 is 9.59 Å². The summed E-state index contributed by atoms with van der Waals surface area (Å²) in [6.07, 6.45) is 3.99. The van der Waals surface area contributed by atoms with E-state index in [1.54, 1.807) is 53.7 Å². The van der Waals surface area contributed by atoms with Gasteiger partial charge in [-0.1, -0.05) is 29.8 Å². The largest absolute Gasteiger partial charge is 0.322 e. The Kier molecular flexibility index (Phi) is 4.60. The number of carbonyl (C=O) groups is 2. The van der Waals surface area contributed by atoms with Crippen LogP contribution in [0.3, 0.4) is 0 Å². The van der Waals surface area contributed by atoms with Crippen LogP contribution in [-0.4, -0.2) is 23.3 Å². The van der Waals surface area contributed by atoms with Gasteiger partial charge >= 0.3 is 0 Å². The van der Waals surface area contributed by atoms with Crippen LogP contribution in [0.1, 0.15) is 26.3 Å². The summed E-state index contributed by atoms with van der Waals surface area (Å²) < 4.78 is 0. The van der Waals surface area contributed by atoms with Crippen LogP contribution in [0.5, 0.6) is 0 Å². The summed E-state index contributed by atoms with van der Waals surface area (Å²) in [7, 11) is 0. The number of nitrogens with one attached hydrogen (secondary N) is 1. The highest BCUT2D eigenvalue weighted by atomic mass is 35.5. The maximum atomic E-state index is 12.8. The molecule has 0 saturated heterocycles. The minimum absolute atomic E-state index is 0.0780. The topological polar surface area (TPSA) is 62.3 Å². The molecule has 2 aromatic carbocycles. The van der Waals surface area contributed by atoms with E-state index in [2.05, 4.69) is 10.3 Å². The highest BCUT2D eigenvalue weighted by molar-refractivity contribution is 6.34. The van der Waals surface area contributed by atoms with E-state index in [1.165, 1.54) is 0 Å². The molecule has 3 aromatic rings. The highest BCUT2D eigenvalue weighted by Crippen LogP contribution is 2.32. The van der Waals surface area contributed by atoms with Crippen molar-refractivity contribution in [2.45, 2.75) is 6.42 Å². The van der Waals surface area contributed by atoms with Gasteiger partial charge < -0.3 is 10.2 Å². The molecule has 1 aromatic heterocycles. The molecule has 1 N–H and O–H groups in total. The lowest BCUT2D eigenvalue weighted by Crippen LogP contribution is -2.28. The summed E-state index contributed by atoms with van der Waals surface area (Å²) in [6.45, 7) is 0.610. The molecular formula is C21H16ClN3O2. The summed E-state index contributed by atoms with van der Waals surface area (Å²) in [6, 6.07) is 15.9. The van der Waals surface area contributed by atoms with Gasteiger partial charge in [-0.15, -0.1) is 0 Å². The van der Waals surface area contributed by atoms with Crippen molar-refractivity contribution >= 4 is 34.8 Å². The Morgan fingerprint density at radius 3 is 2.59 bits per heavy atom. The van der Waals surface area contributed by atoms with Crippen molar-refractivity contribution in [3.63, 3.8) is 0 Å². The zero-order valence-electron chi connectivity index (χ0n) is 14.4. The first kappa shape index (κ1) is 17.2. The van der Waals surface area contributed by atoms with E-state index >= 15 is 0 Å². The van der Waals surface area contributed by atoms with Crippen molar-refractivity contribution in [3.8, 4) is 0 Å². The molecule has 27 heavy (non-hydrogen) atoms. The Balaban J connectivity index is 1.59. The van der Waals surface area contributed by atoms with E-state index in [9.17, 15) is 9.59 Å². The van der Waals surface area contributed by atoms with Gasteiger partial charge in [0, 0.05) is 35.9 Å². The van der Waals surface area contributed by atoms with Crippen LogP contribution < -0.4 is 10.2 Å². The predicted molar refractivity (Wildman–Crippen MR) is 105 cm³/mol. The summed E-state index contributed by atoms with van der Waals surface area (Å²) in [5.41, 5.74) is 3.50. The number of nitrogens with zero attached hydrogens (tertiary/aromatic N) is 2. The smallest absolute Gasteiger partial charge is 0.258 e. The van der Waals surface area contributed by atoms with Crippen LogP contribution >= 0.6 is 11.6 Å². The van der Waals surface area contributed by atoms with E-state index in [0.717, 1.165) is 17.7 Å². The van der Waals surface area contributed by atoms with E-state index in [1.807, 2.05) is 18.2 Å². The van der Waals surface area contributed by atoms with Crippen LogP contribution in [0.4, 0.5) is 11.4 Å². The Labute approximate surface area is 161 Å². The molecule has 0 radical (unpaired) electrons. The molecule has 0 bridgehead atoms. The van der Waals surface area contributed by atoms with Gasteiger partial charge in [-0.05, 0) is 48.4 Å². The molecular weight excluding hydrogens is 362 g/mol. The second kappa shape index (κ2) is 7.21. The lowest BCUT2D eigenvalue weighted by atomic mass is 10.1. The molecule has 5 nitrogen and oxygen atoms in total. The quantitative estimate of drug-likeness (QED) is 0.744. The van der Waals surface area contributed by atoms with Crippen LogP contribution in [0.2, 0.25) is 5.02 Å². The first-order valence-electron chi connectivity index (χ1n) is 8.54. The third-order valence-electron chi connectivity index (χ3n) is 4.53. The monoisotopic (exact) mass is 377 g/mol. The van der Waals surface area contributed by atoms with Crippen molar-refractivity contribution in [1.82, 2.24) is 4.98 Å². The molecule has 2 heterocycles. The fourth-order valence-corrected chi connectivity index (χ4v) is 3.38. The maximum absolute atomic E-state index is 12.8. The zero-order valence-corrected chi connectivity index (χ0v) is 15.1. The summed E-state index contributed by atoms with van der Waals surface area (Å²) in [4.78, 5) is 31.0. The Hall–Kier alpha value is -3.18. The number of carbonyl (C=O) groups excluding carboxylic acids is 2. The zero-order chi connectivity index (χ0) is 18.8. The van der Waals surface area contributed by atoms with Gasteiger partial charge in [0.15, 0.2) is 0 Å². The van der Waals surface area contributed by atoms with Crippen molar-refractivity contribution in [2.75, 3.05) is 16.8 Å². The van der Waals surface area contributed by atoms with E-state index < -0.39 is 0 Å². The van der Waals surface area contributed by atoms with E-state index in [-0.39, 0.29) is 11.8 Å². The molecule has 0 unspecified atom stereocenters. The molecule has 4 rings (SSSR count). The van der Waals surface area contributed by atoms with E-state index in [4.69, 9.17) is 11.6 Å². The molecule has 134 valence electrons. The first-order valence-corrected chi connectivity index (χ1v) is 8.92. The number of hydrogen-bond acceptors (Lipinski definition) is 3. The van der Waals surface area contributed by atoms with Crippen molar-refractivity contribution in [1.29, 1.82) is 0 Å². The predicted octanol–water partition coefficient (Wildman–Crippen LogP) is 4.19. The molecule has 0 spiro atoms. The number of benzene rings is 2. The van der Waals surface area contributed by atoms with Gasteiger partial charge in [-0.2, -0.15) is 0 Å². The molecule has 2 amide bonds. The number of aromatic nitrogens is 1. The summed E-state index contributed by atoms with van der Waals surface area (Å²) in [5, 5.41) is 3.25. The number of halogens is 1. The lowest BCUT2D eigenvalue weighted by Gasteiger charge is -2.18. The molecule has 0 aliphatic carbocycles. The van der Waals surface area contributed by atoms with Gasteiger partial charge in [-0.25, -0.2) is 0 Å². The maximum Gasteiger partial charge on any atom is 0.258 e. The van der Waals surface area contributed by atoms with Gasteiger partial charge in [0.05, 0.1) is 10.6 Å². The lowest BCUT2D eigenvalue weighted by molar-refractivity contribution is 0.0988. The third-order valence-corrected chi connectivity index (χ3v) is 4.86. The van der Waals surface area contributed by atoms with Crippen LogP contribution in [0.15, 0.2) is 67.0 Å². The molecule has 0 saturated carbocycles. The number of amides is 2. The molecule has 0 atom stereocenters. The summed E-state index contributed by atoms with van der Waals surface area (Å²) in [5.74, 6) is -0.365. The average Bonchev–Trinajstić information content (AvgIpc) is 3.11. The van der Waals surface area contributed by atoms with Gasteiger partial charge in [0.1, 0.15) is 0 Å². The van der Waals surface area contributed by atoms with Gasteiger partial charge in [0.2, 0.25) is 0 Å². The second-order valence-corrected chi connectivity index (χ2v) is 6.63. The molecule has 0 fully saturated rings. The normalized spacial score (nSPS) is 12.6. The Bertz CT molecular complexity index is 1020. The first-order chi connectivity index (χ1) is 13.1. The minimum Gasteiger partial charge on any atom is -0.322 e. The average molecular weight is 378 g/mol. The Morgan fingerprint density at radius 2 is 1.81 bits per heavy atom. The number of rotatable bonds is 3. The number of pyridine rings is 1. The van der Waals surface area contributed by atoms with Crippen LogP contribution in [0, 0.1) is 0 Å². The van der Waals surface area contributed by atoms with Gasteiger partial charge in [0.25, 0.3) is 11.8 Å². The third kappa shape index (κ3) is 3.41. The number of anilines is 2. The minimum atomic E-state index is -0.287. The van der Waals surface area contributed by atoms with Crippen molar-refractivity contribution in [2.24, 2.45) is 0 Å². The van der Waals surface area contributed by atoms with Crippen LogP contribution in [-0.2, 0) is 6.42 Å². The van der Waals surface area contributed by atoms with Gasteiger partial charge in [-0.3, -0.25) is 14.6 Å². The van der Waals surface area contributed by atoms with E-state index in [0.29, 0.717) is 28.4 Å². The highest BCUT2D eigenvalue weighted by Gasteiger charge is 2.26. The Morgan fingerprint density at radius 1 is 1.04 bits per heavy atom. The number of fused-ring (bicyclic) bond motifs is 1. The molecule has 6 heteroatoms. The fourth-order valence-electron chi connectivity index (χ4n) is 3.16. The fraction of sp³-hybridized carbons (Fsp3) is 0.0952. The SMILES string of the molecule is O=C(Nc1ccc2c(c1)N(C(=O)c1ccncc1)CC2)c1ccccc1Cl. The van der Waals surface area contributed by atoms with Crippen LogP contribution in [0.25, 0.3) is 0 Å².